The molecule has 6 nitrogen and oxygen atoms in total. The Kier molecular flexibility index (Phi) is 5.16. The number of rotatable bonds is 2. The monoisotopic (exact) mass is 415 g/mol. The summed E-state index contributed by atoms with van der Waals surface area (Å²) in [6.45, 7) is 0. The number of carbonyl (C=O) groups is 3. The van der Waals surface area contributed by atoms with Gasteiger partial charge in [-0.25, -0.2) is 0 Å². The second kappa shape index (κ2) is 6.40. The largest absolute Gasteiger partial charge is 2.00 e. The molecule has 0 saturated carbocycles. The Labute approximate surface area is 118 Å². The van der Waals surface area contributed by atoms with Crippen LogP contribution in [0.1, 0.15) is 23.2 Å². The molecule has 0 spiro atoms. The van der Waals surface area contributed by atoms with Crippen LogP contribution in [-0.2, 0) is 30.7 Å². The van der Waals surface area contributed by atoms with Crippen LogP contribution < -0.4 is 5.32 Å². The van der Waals surface area contributed by atoms with E-state index in [0.717, 1.165) is 0 Å². The second-order valence-corrected chi connectivity index (χ2v) is 3.56. The van der Waals surface area contributed by atoms with Crippen molar-refractivity contribution in [3.05, 3.63) is 35.4 Å². The minimum atomic E-state index is -0.797. The predicted octanol–water partition coefficient (Wildman–Crippen LogP) is 0.198. The molecule has 1 unspecified atom stereocenters. The van der Waals surface area contributed by atoms with E-state index in [0.29, 0.717) is 0 Å². The summed E-state index contributed by atoms with van der Waals surface area (Å²) in [4.78, 5) is 37.6. The van der Waals surface area contributed by atoms with Crippen LogP contribution in [0, 0.1) is 6.20 Å². The predicted molar refractivity (Wildman–Crippen MR) is 56.9 cm³/mol. The van der Waals surface area contributed by atoms with E-state index in [2.05, 4.69) is 21.8 Å². The van der Waals surface area contributed by atoms with Crippen molar-refractivity contribution in [3.8, 4) is 0 Å². The van der Waals surface area contributed by atoms with Crippen LogP contribution in [0.5, 0.6) is 0 Å². The van der Waals surface area contributed by atoms with E-state index >= 15 is 0 Å². The van der Waals surface area contributed by atoms with Crippen molar-refractivity contribution in [1.82, 2.24) is 10.3 Å². The van der Waals surface area contributed by atoms with Gasteiger partial charge >= 0.3 is 21.1 Å². The first kappa shape index (κ1) is 14.5. The molecule has 0 radical (unpaired) electrons. The number of nitrogens with one attached hydrogen (secondary N) is 1. The molecule has 92 valence electrons. The van der Waals surface area contributed by atoms with Gasteiger partial charge in [0.1, 0.15) is 0 Å². The van der Waals surface area contributed by atoms with Crippen LogP contribution in [-0.4, -0.2) is 28.7 Å². The molecule has 0 bridgehead atoms. The number of amides is 3. The number of carbonyl (C=O) groups excluding carboxylic acids is 3. The van der Waals surface area contributed by atoms with Crippen molar-refractivity contribution < 1.29 is 35.4 Å². The van der Waals surface area contributed by atoms with E-state index in [-0.39, 0.29) is 45.4 Å². The molecule has 1 atom stereocenters. The van der Waals surface area contributed by atoms with Gasteiger partial charge in [0.15, 0.2) is 0 Å². The molecule has 2 rings (SSSR count). The zero-order valence-electron chi connectivity index (χ0n) is 9.25. The molecule has 0 aliphatic carbocycles. The summed E-state index contributed by atoms with van der Waals surface area (Å²) < 4.78 is 0. The molecule has 1 aliphatic heterocycles. The fourth-order valence-electron chi connectivity index (χ4n) is 1.46. The molecule has 1 N–H and O–H groups in total. The minimum absolute atomic E-state index is 0. The van der Waals surface area contributed by atoms with Gasteiger partial charge in [-0.2, -0.15) is 0 Å². The summed E-state index contributed by atoms with van der Waals surface area (Å²) in [6.07, 6.45) is 4.44. The van der Waals surface area contributed by atoms with Crippen molar-refractivity contribution in [3.63, 3.8) is 0 Å². The number of pyridine rings is 1. The van der Waals surface area contributed by atoms with Crippen molar-refractivity contribution in [1.29, 1.82) is 0 Å². The third kappa shape index (κ3) is 3.47. The number of hydrogen-bond acceptors (Lipinski definition) is 4. The Morgan fingerprint density at radius 1 is 1.50 bits per heavy atom. The summed E-state index contributed by atoms with van der Waals surface area (Å²) in [6, 6.07) is 2.31. The average Bonchev–Trinajstić information content (AvgIpc) is 2.34. The maximum atomic E-state index is 11.6. The number of aromatic nitrogens is 1. The van der Waals surface area contributed by atoms with Gasteiger partial charge in [-0.1, -0.05) is 6.20 Å². The third-order valence-corrected chi connectivity index (χ3v) is 2.32. The van der Waals surface area contributed by atoms with Gasteiger partial charge in [-0.05, 0) is 24.6 Å². The summed E-state index contributed by atoms with van der Waals surface area (Å²) >= 11 is 0. The molecule has 18 heavy (non-hydrogen) atoms. The number of hydrogen-bond donors (Lipinski definition) is 1. The van der Waals surface area contributed by atoms with E-state index < -0.39 is 17.9 Å². The van der Waals surface area contributed by atoms with Gasteiger partial charge in [-0.3, -0.25) is 14.9 Å². The van der Waals surface area contributed by atoms with Crippen molar-refractivity contribution >= 4 is 17.7 Å². The molecule has 1 aromatic heterocycles. The Hall–Kier alpha value is -1.55. The average molecular weight is 415 g/mol. The maximum absolute atomic E-state index is 11.6. The van der Waals surface area contributed by atoms with Crippen molar-refractivity contribution in [2.45, 2.75) is 18.9 Å². The van der Waals surface area contributed by atoms with Crippen LogP contribution in [0.3, 0.4) is 0 Å². The molecular weight excluding hydrogens is 406 g/mol. The standard InChI is InChI=1S/C11H10N3O3.W/c15-9-4-3-8(11(17)14-9)13-10(16)7-2-1-5-12-6-7;/h1-2,5,8H,3-4H2,(H2,13,14,15,16,17);/q-1;+2/p-1. The van der Waals surface area contributed by atoms with E-state index in [4.69, 9.17) is 0 Å². The molecule has 1 fully saturated rings. The van der Waals surface area contributed by atoms with Gasteiger partial charge in [0.2, 0.25) is 11.8 Å². The Balaban J connectivity index is 0.00000162. The molecule has 0 aromatic carbocycles. The first-order valence-corrected chi connectivity index (χ1v) is 5.08. The smallest absolute Gasteiger partial charge is 0.684 e. The number of nitrogens with zero attached hydrogens (tertiary/aromatic N) is 2. The van der Waals surface area contributed by atoms with Gasteiger partial charge in [-0.15, -0.1) is 17.7 Å². The Bertz CT molecular complexity index is 464. The summed E-state index contributed by atoms with van der Waals surface area (Å²) in [5, 5.41) is 5.88. The molecule has 1 aromatic rings. The molecule has 1 aliphatic rings. The van der Waals surface area contributed by atoms with Crippen LogP contribution in [0.15, 0.2) is 18.3 Å². The van der Waals surface area contributed by atoms with Gasteiger partial charge in [0.25, 0.3) is 0 Å². The molecule has 7 heteroatoms. The number of imide groups is 1. The fourth-order valence-corrected chi connectivity index (χ4v) is 1.46. The van der Waals surface area contributed by atoms with Gasteiger partial charge in [0, 0.05) is 6.42 Å². The number of piperidine rings is 1. The maximum Gasteiger partial charge on any atom is 2.00 e. The van der Waals surface area contributed by atoms with E-state index in [9.17, 15) is 14.4 Å². The third-order valence-electron chi connectivity index (χ3n) is 2.32. The normalized spacial score (nSPS) is 18.6. The van der Waals surface area contributed by atoms with Crippen LogP contribution >= 0.6 is 0 Å². The summed E-state index contributed by atoms with van der Waals surface area (Å²) in [5.41, 5.74) is 0.206. The quantitative estimate of drug-likeness (QED) is 0.552. The SMILES string of the molecule is O=C1CCC([N-]C(=O)c2[c-]nccc2)C(=O)N1.[W+2]. The molecule has 3 amide bonds. The topological polar surface area (TPSA) is 90.2 Å². The minimum Gasteiger partial charge on any atom is -0.684 e. The first-order chi connectivity index (χ1) is 8.16. The molecule has 2 heterocycles. The van der Waals surface area contributed by atoms with Crippen LogP contribution in [0.25, 0.3) is 5.32 Å². The van der Waals surface area contributed by atoms with E-state index in [1.807, 2.05) is 0 Å². The first-order valence-electron chi connectivity index (χ1n) is 5.08. The van der Waals surface area contributed by atoms with Crippen LogP contribution in [0.2, 0.25) is 0 Å². The van der Waals surface area contributed by atoms with E-state index in [1.165, 1.54) is 12.3 Å². The van der Waals surface area contributed by atoms with Gasteiger partial charge in [0.05, 0.1) is 0 Å². The van der Waals surface area contributed by atoms with Crippen LogP contribution in [0.4, 0.5) is 0 Å². The van der Waals surface area contributed by atoms with Crippen molar-refractivity contribution in [2.24, 2.45) is 0 Å². The van der Waals surface area contributed by atoms with E-state index in [1.54, 1.807) is 6.07 Å². The van der Waals surface area contributed by atoms with Gasteiger partial charge < -0.3 is 15.1 Å². The summed E-state index contributed by atoms with van der Waals surface area (Å²) in [5.74, 6) is -1.41. The fraction of sp³-hybridized carbons (Fsp3) is 0.273. The Morgan fingerprint density at radius 3 is 2.89 bits per heavy atom. The Morgan fingerprint density at radius 2 is 2.28 bits per heavy atom. The zero-order valence-corrected chi connectivity index (χ0v) is 12.2. The second-order valence-electron chi connectivity index (χ2n) is 3.56. The molecule has 1 saturated heterocycles. The summed E-state index contributed by atoms with van der Waals surface area (Å²) in [7, 11) is 0. The zero-order chi connectivity index (χ0) is 12.3. The van der Waals surface area contributed by atoms with Crippen molar-refractivity contribution in [2.75, 3.05) is 0 Å². The molecular formula is C11H9N3O3W.